The zero-order chi connectivity index (χ0) is 10.3. The van der Waals surface area contributed by atoms with Gasteiger partial charge in [-0.15, -0.1) is 0 Å². The SMILES string of the molecule is C/C=C1/CC(CC)N/C1=C/C.CC. The lowest BCUT2D eigenvalue weighted by molar-refractivity contribution is 0.608. The molecule has 1 aliphatic heterocycles. The molecule has 1 nitrogen and oxygen atoms in total. The maximum Gasteiger partial charge on any atom is 0.0329 e. The van der Waals surface area contributed by atoms with Gasteiger partial charge < -0.3 is 5.32 Å². The maximum absolute atomic E-state index is 3.48. The van der Waals surface area contributed by atoms with Crippen LogP contribution in [-0.4, -0.2) is 6.04 Å². The van der Waals surface area contributed by atoms with Gasteiger partial charge in [0, 0.05) is 11.7 Å². The minimum atomic E-state index is 0.674. The summed E-state index contributed by atoms with van der Waals surface area (Å²) in [7, 11) is 0. The third-order valence-electron chi connectivity index (χ3n) is 2.30. The highest BCUT2D eigenvalue weighted by Crippen LogP contribution is 2.23. The van der Waals surface area contributed by atoms with Crippen molar-refractivity contribution in [2.45, 2.75) is 53.5 Å². The molecule has 13 heavy (non-hydrogen) atoms. The molecule has 0 amide bonds. The van der Waals surface area contributed by atoms with Crippen LogP contribution in [0.5, 0.6) is 0 Å². The minimum Gasteiger partial charge on any atom is -0.382 e. The van der Waals surface area contributed by atoms with Gasteiger partial charge in [0.2, 0.25) is 0 Å². The van der Waals surface area contributed by atoms with Gasteiger partial charge in [0.25, 0.3) is 0 Å². The summed E-state index contributed by atoms with van der Waals surface area (Å²) in [6.45, 7) is 10.4. The summed E-state index contributed by atoms with van der Waals surface area (Å²) in [5, 5.41) is 3.48. The minimum absolute atomic E-state index is 0.674. The topological polar surface area (TPSA) is 12.0 Å². The molecular weight excluding hydrogens is 158 g/mol. The van der Waals surface area contributed by atoms with Crippen molar-refractivity contribution in [2.24, 2.45) is 0 Å². The molecule has 1 fully saturated rings. The van der Waals surface area contributed by atoms with Gasteiger partial charge in [0.05, 0.1) is 0 Å². The van der Waals surface area contributed by atoms with Crippen molar-refractivity contribution in [1.82, 2.24) is 5.32 Å². The Morgan fingerprint density at radius 2 is 1.92 bits per heavy atom. The van der Waals surface area contributed by atoms with Gasteiger partial charge in [-0.05, 0) is 32.3 Å². The summed E-state index contributed by atoms with van der Waals surface area (Å²) >= 11 is 0. The molecule has 1 heteroatoms. The van der Waals surface area contributed by atoms with Crippen molar-refractivity contribution in [2.75, 3.05) is 0 Å². The van der Waals surface area contributed by atoms with E-state index in [2.05, 4.69) is 38.2 Å². The van der Waals surface area contributed by atoms with Gasteiger partial charge in [-0.2, -0.15) is 0 Å². The molecule has 0 aromatic rings. The van der Waals surface area contributed by atoms with Crippen molar-refractivity contribution >= 4 is 0 Å². The maximum atomic E-state index is 3.48. The number of hydrogen-bond acceptors (Lipinski definition) is 1. The summed E-state index contributed by atoms with van der Waals surface area (Å²) in [6, 6.07) is 0.674. The van der Waals surface area contributed by atoms with Gasteiger partial charge in [-0.3, -0.25) is 0 Å². The molecule has 1 rings (SSSR count). The van der Waals surface area contributed by atoms with E-state index in [-0.39, 0.29) is 0 Å². The van der Waals surface area contributed by atoms with E-state index < -0.39 is 0 Å². The Bertz CT molecular complexity index is 169. The molecule has 1 unspecified atom stereocenters. The molecule has 1 aliphatic rings. The summed E-state index contributed by atoms with van der Waals surface area (Å²) in [5.74, 6) is 0. The molecule has 1 saturated heterocycles. The first-order valence-corrected chi connectivity index (χ1v) is 5.40. The zero-order valence-corrected chi connectivity index (χ0v) is 9.65. The monoisotopic (exact) mass is 181 g/mol. The molecule has 0 aromatic heterocycles. The highest BCUT2D eigenvalue weighted by Gasteiger charge is 2.19. The second kappa shape index (κ2) is 6.76. The van der Waals surface area contributed by atoms with Crippen molar-refractivity contribution < 1.29 is 0 Å². The molecular formula is C12H23N. The van der Waals surface area contributed by atoms with Crippen molar-refractivity contribution in [1.29, 1.82) is 0 Å². The van der Waals surface area contributed by atoms with Crippen molar-refractivity contribution in [3.63, 3.8) is 0 Å². The predicted octanol–water partition coefficient (Wildman–Crippen LogP) is 3.63. The summed E-state index contributed by atoms with van der Waals surface area (Å²) in [5.41, 5.74) is 2.80. The van der Waals surface area contributed by atoms with Crippen LogP contribution in [-0.2, 0) is 0 Å². The first-order chi connectivity index (χ1) is 6.31. The van der Waals surface area contributed by atoms with Crippen LogP contribution in [0.3, 0.4) is 0 Å². The van der Waals surface area contributed by atoms with Crippen LogP contribution in [0.1, 0.15) is 47.5 Å². The first-order valence-electron chi connectivity index (χ1n) is 5.40. The highest BCUT2D eigenvalue weighted by atomic mass is 15.0. The van der Waals surface area contributed by atoms with E-state index in [4.69, 9.17) is 0 Å². The Balaban J connectivity index is 0.000000671. The molecule has 0 spiro atoms. The second-order valence-electron chi connectivity index (χ2n) is 2.97. The third kappa shape index (κ3) is 3.25. The highest BCUT2D eigenvalue weighted by molar-refractivity contribution is 5.34. The van der Waals surface area contributed by atoms with E-state index in [1.54, 1.807) is 0 Å². The van der Waals surface area contributed by atoms with Crippen LogP contribution in [0, 0.1) is 0 Å². The predicted molar refractivity (Wildman–Crippen MR) is 60.7 cm³/mol. The lowest BCUT2D eigenvalue weighted by Gasteiger charge is -2.05. The molecule has 0 saturated carbocycles. The van der Waals surface area contributed by atoms with E-state index in [0.717, 1.165) is 0 Å². The summed E-state index contributed by atoms with van der Waals surface area (Å²) < 4.78 is 0. The fourth-order valence-corrected chi connectivity index (χ4v) is 1.53. The normalized spacial score (nSPS) is 27.0. The van der Waals surface area contributed by atoms with Crippen molar-refractivity contribution in [3.05, 3.63) is 23.4 Å². The molecule has 76 valence electrons. The molecule has 0 radical (unpaired) electrons. The number of rotatable bonds is 1. The van der Waals surface area contributed by atoms with Gasteiger partial charge in [0.15, 0.2) is 0 Å². The van der Waals surface area contributed by atoms with Gasteiger partial charge >= 0.3 is 0 Å². The zero-order valence-electron chi connectivity index (χ0n) is 9.65. The standard InChI is InChI=1S/C10H17N.C2H6/c1-4-8-7-9(5-2)11-10(8)6-3;1-2/h4,6,9,11H,5,7H2,1-3H3;1-2H3/b8-4-,10-6+;. The van der Waals surface area contributed by atoms with E-state index >= 15 is 0 Å². The van der Waals surface area contributed by atoms with Gasteiger partial charge in [0.1, 0.15) is 0 Å². The Kier molecular flexibility index (Phi) is 6.38. The van der Waals surface area contributed by atoms with Crippen molar-refractivity contribution in [3.8, 4) is 0 Å². The average Bonchev–Trinajstić information content (AvgIpc) is 2.63. The summed E-state index contributed by atoms with van der Waals surface area (Å²) in [4.78, 5) is 0. The van der Waals surface area contributed by atoms with E-state index in [0.29, 0.717) is 6.04 Å². The number of hydrogen-bond donors (Lipinski definition) is 1. The van der Waals surface area contributed by atoms with Crippen LogP contribution in [0.2, 0.25) is 0 Å². The van der Waals surface area contributed by atoms with Crippen LogP contribution in [0.15, 0.2) is 23.4 Å². The van der Waals surface area contributed by atoms with Crippen LogP contribution in [0.4, 0.5) is 0 Å². The lowest BCUT2D eigenvalue weighted by Crippen LogP contribution is -2.18. The van der Waals surface area contributed by atoms with Crippen LogP contribution >= 0.6 is 0 Å². The van der Waals surface area contributed by atoms with E-state index in [9.17, 15) is 0 Å². The average molecular weight is 181 g/mol. The molecule has 1 heterocycles. The summed E-state index contributed by atoms with van der Waals surface area (Å²) in [6.07, 6.45) is 6.78. The van der Waals surface area contributed by atoms with Gasteiger partial charge in [-0.25, -0.2) is 0 Å². The van der Waals surface area contributed by atoms with E-state index in [1.807, 2.05) is 13.8 Å². The van der Waals surface area contributed by atoms with Crippen LogP contribution < -0.4 is 5.32 Å². The fraction of sp³-hybridized carbons (Fsp3) is 0.667. The molecule has 1 atom stereocenters. The number of allylic oxidation sites excluding steroid dienone is 3. The lowest BCUT2D eigenvalue weighted by atomic mass is 10.1. The largest absolute Gasteiger partial charge is 0.382 e. The fourth-order valence-electron chi connectivity index (χ4n) is 1.53. The Hall–Kier alpha value is -0.720. The Morgan fingerprint density at radius 1 is 1.31 bits per heavy atom. The first kappa shape index (κ1) is 12.3. The molecule has 0 aliphatic carbocycles. The second-order valence-corrected chi connectivity index (χ2v) is 2.97. The Morgan fingerprint density at radius 3 is 2.23 bits per heavy atom. The molecule has 0 bridgehead atoms. The smallest absolute Gasteiger partial charge is 0.0329 e. The molecule has 1 N–H and O–H groups in total. The van der Waals surface area contributed by atoms with E-state index in [1.165, 1.54) is 24.1 Å². The quantitative estimate of drug-likeness (QED) is 0.651. The van der Waals surface area contributed by atoms with Crippen LogP contribution in [0.25, 0.3) is 0 Å². The molecule has 0 aromatic carbocycles. The Labute approximate surface area is 82.9 Å². The van der Waals surface area contributed by atoms with Gasteiger partial charge in [-0.1, -0.05) is 32.9 Å². The third-order valence-corrected chi connectivity index (χ3v) is 2.30. The number of nitrogens with one attached hydrogen (secondary N) is 1.